The van der Waals surface area contributed by atoms with Crippen molar-refractivity contribution < 1.29 is 19.0 Å². The molecule has 2 aromatic carbocycles. The molecule has 3 rings (SSSR count). The molecule has 1 aromatic heterocycles. The second-order valence-corrected chi connectivity index (χ2v) is 9.01. The van der Waals surface area contributed by atoms with E-state index in [4.69, 9.17) is 25.8 Å². The zero-order valence-corrected chi connectivity index (χ0v) is 19.7. The molecule has 0 aliphatic heterocycles. The van der Waals surface area contributed by atoms with E-state index in [2.05, 4.69) is 15.5 Å². The van der Waals surface area contributed by atoms with E-state index in [1.54, 1.807) is 33.1 Å². The van der Waals surface area contributed by atoms with Crippen molar-refractivity contribution in [3.05, 3.63) is 52.5 Å². The molecule has 164 valence electrons. The van der Waals surface area contributed by atoms with Crippen LogP contribution in [-0.4, -0.2) is 37.4 Å². The SMILES string of the molecule is COc1cc(CCC(=O)Nc2nnc(SCc3ccc(Cl)cc3)s2)cc(OC)c1OC. The van der Waals surface area contributed by atoms with Crippen molar-refractivity contribution in [3.63, 3.8) is 0 Å². The Morgan fingerprint density at radius 3 is 2.32 bits per heavy atom. The maximum absolute atomic E-state index is 12.4. The van der Waals surface area contributed by atoms with Crippen molar-refractivity contribution in [2.24, 2.45) is 0 Å². The Morgan fingerprint density at radius 1 is 1.03 bits per heavy atom. The minimum absolute atomic E-state index is 0.140. The first kappa shape index (κ1) is 23.2. The molecule has 0 aliphatic carbocycles. The Bertz CT molecular complexity index is 1000. The van der Waals surface area contributed by atoms with Crippen LogP contribution in [-0.2, 0) is 17.0 Å². The second-order valence-electron chi connectivity index (χ2n) is 6.37. The number of methoxy groups -OCH3 is 3. The van der Waals surface area contributed by atoms with Gasteiger partial charge in [0.1, 0.15) is 0 Å². The van der Waals surface area contributed by atoms with Gasteiger partial charge in [0.05, 0.1) is 21.3 Å². The first-order valence-electron chi connectivity index (χ1n) is 9.32. The number of halogens is 1. The maximum atomic E-state index is 12.4. The van der Waals surface area contributed by atoms with Crippen molar-refractivity contribution in [1.82, 2.24) is 10.2 Å². The number of carbonyl (C=O) groups is 1. The van der Waals surface area contributed by atoms with Gasteiger partial charge in [0.2, 0.25) is 16.8 Å². The Balaban J connectivity index is 1.53. The summed E-state index contributed by atoms with van der Waals surface area (Å²) in [5.74, 6) is 2.25. The van der Waals surface area contributed by atoms with Crippen LogP contribution in [0.3, 0.4) is 0 Å². The van der Waals surface area contributed by atoms with Gasteiger partial charge in [0.25, 0.3) is 0 Å². The van der Waals surface area contributed by atoms with E-state index in [1.165, 1.54) is 11.3 Å². The van der Waals surface area contributed by atoms with Gasteiger partial charge >= 0.3 is 0 Å². The summed E-state index contributed by atoms with van der Waals surface area (Å²) in [7, 11) is 4.68. The van der Waals surface area contributed by atoms with Crippen LogP contribution in [0.15, 0.2) is 40.7 Å². The number of anilines is 1. The van der Waals surface area contributed by atoms with E-state index < -0.39 is 0 Å². The lowest BCUT2D eigenvalue weighted by Crippen LogP contribution is -2.12. The van der Waals surface area contributed by atoms with Crippen LogP contribution in [0.2, 0.25) is 5.02 Å². The summed E-state index contributed by atoms with van der Waals surface area (Å²) < 4.78 is 16.8. The molecular weight excluding hydrogens is 458 g/mol. The average Bonchev–Trinajstić information content (AvgIpc) is 3.23. The number of rotatable bonds is 10. The topological polar surface area (TPSA) is 82.6 Å². The molecule has 1 heterocycles. The smallest absolute Gasteiger partial charge is 0.226 e. The van der Waals surface area contributed by atoms with Crippen LogP contribution < -0.4 is 19.5 Å². The van der Waals surface area contributed by atoms with Gasteiger partial charge in [-0.2, -0.15) is 0 Å². The molecule has 0 saturated carbocycles. The molecule has 0 radical (unpaired) electrons. The summed E-state index contributed by atoms with van der Waals surface area (Å²) in [6.45, 7) is 0. The van der Waals surface area contributed by atoms with Crippen molar-refractivity contribution in [1.29, 1.82) is 0 Å². The van der Waals surface area contributed by atoms with Crippen molar-refractivity contribution in [2.45, 2.75) is 22.9 Å². The minimum Gasteiger partial charge on any atom is -0.493 e. The Hall–Kier alpha value is -2.49. The van der Waals surface area contributed by atoms with Crippen LogP contribution >= 0.6 is 34.7 Å². The fourth-order valence-corrected chi connectivity index (χ4v) is 4.61. The third-order valence-electron chi connectivity index (χ3n) is 4.29. The summed E-state index contributed by atoms with van der Waals surface area (Å²) in [6.07, 6.45) is 0.797. The van der Waals surface area contributed by atoms with Gasteiger partial charge in [-0.05, 0) is 41.8 Å². The molecular formula is C21H22ClN3O4S2. The third-order valence-corrected chi connectivity index (χ3v) is 6.59. The lowest BCUT2D eigenvalue weighted by molar-refractivity contribution is -0.116. The van der Waals surface area contributed by atoms with Gasteiger partial charge in [-0.3, -0.25) is 4.79 Å². The van der Waals surface area contributed by atoms with Gasteiger partial charge in [-0.1, -0.05) is 46.8 Å². The van der Waals surface area contributed by atoms with Gasteiger partial charge in [0.15, 0.2) is 15.8 Å². The van der Waals surface area contributed by atoms with Gasteiger partial charge in [-0.25, -0.2) is 0 Å². The van der Waals surface area contributed by atoms with Gasteiger partial charge in [0, 0.05) is 17.2 Å². The number of benzene rings is 2. The molecule has 0 spiro atoms. The molecule has 0 saturated heterocycles. The van der Waals surface area contributed by atoms with Crippen LogP contribution in [0.1, 0.15) is 17.5 Å². The molecule has 7 nitrogen and oxygen atoms in total. The Labute approximate surface area is 194 Å². The summed E-state index contributed by atoms with van der Waals surface area (Å²) >= 11 is 8.81. The highest BCUT2D eigenvalue weighted by atomic mass is 35.5. The average molecular weight is 480 g/mol. The van der Waals surface area contributed by atoms with E-state index in [0.717, 1.165) is 21.2 Å². The lowest BCUT2D eigenvalue weighted by atomic mass is 10.1. The number of amides is 1. The quantitative estimate of drug-likeness (QED) is 0.320. The van der Waals surface area contributed by atoms with Crippen LogP contribution in [0.4, 0.5) is 5.13 Å². The fourth-order valence-electron chi connectivity index (χ4n) is 2.76. The van der Waals surface area contributed by atoms with Crippen LogP contribution in [0.25, 0.3) is 0 Å². The molecule has 1 amide bonds. The number of hydrogen-bond donors (Lipinski definition) is 1. The molecule has 0 fully saturated rings. The van der Waals surface area contributed by atoms with Gasteiger partial charge < -0.3 is 19.5 Å². The van der Waals surface area contributed by atoms with Crippen LogP contribution in [0, 0.1) is 0 Å². The summed E-state index contributed by atoms with van der Waals surface area (Å²) in [6, 6.07) is 11.3. The third kappa shape index (κ3) is 6.49. The monoisotopic (exact) mass is 479 g/mol. The standard InChI is InChI=1S/C21H22ClN3O4S2/c1-27-16-10-14(11-17(28-2)19(16)29-3)6-9-18(26)23-20-24-25-21(31-20)30-12-13-4-7-15(22)8-5-13/h4-5,7-8,10-11H,6,9,12H2,1-3H3,(H,23,24,26). The summed E-state index contributed by atoms with van der Waals surface area (Å²) in [5, 5.41) is 12.2. The molecule has 1 N–H and O–H groups in total. The molecule has 0 atom stereocenters. The minimum atomic E-state index is -0.140. The second kappa shape index (κ2) is 11.2. The van der Waals surface area contributed by atoms with E-state index >= 15 is 0 Å². The van der Waals surface area contributed by atoms with Gasteiger partial charge in [-0.15, -0.1) is 10.2 Å². The van der Waals surface area contributed by atoms with Crippen molar-refractivity contribution in [3.8, 4) is 17.2 Å². The first-order chi connectivity index (χ1) is 15.0. The molecule has 0 unspecified atom stereocenters. The number of aromatic nitrogens is 2. The molecule has 10 heteroatoms. The number of carbonyl (C=O) groups excluding carboxylic acids is 1. The van der Waals surface area contributed by atoms with E-state index in [-0.39, 0.29) is 12.3 Å². The number of aryl methyl sites for hydroxylation is 1. The molecule has 0 aliphatic rings. The number of thioether (sulfide) groups is 1. The zero-order chi connectivity index (χ0) is 22.2. The van der Waals surface area contributed by atoms with Crippen LogP contribution in [0.5, 0.6) is 17.2 Å². The lowest BCUT2D eigenvalue weighted by Gasteiger charge is -2.14. The Kier molecular flexibility index (Phi) is 8.39. The van der Waals surface area contributed by atoms with E-state index in [0.29, 0.717) is 33.8 Å². The predicted octanol–water partition coefficient (Wildman–Crippen LogP) is 5.08. The molecule has 3 aromatic rings. The number of nitrogens with one attached hydrogen (secondary N) is 1. The summed E-state index contributed by atoms with van der Waals surface area (Å²) in [5.41, 5.74) is 2.04. The number of nitrogens with zero attached hydrogens (tertiary/aromatic N) is 2. The normalized spacial score (nSPS) is 10.6. The highest BCUT2D eigenvalue weighted by molar-refractivity contribution is 8.00. The van der Waals surface area contributed by atoms with E-state index in [9.17, 15) is 4.79 Å². The predicted molar refractivity (Wildman–Crippen MR) is 124 cm³/mol. The van der Waals surface area contributed by atoms with Crippen molar-refractivity contribution in [2.75, 3.05) is 26.6 Å². The Morgan fingerprint density at radius 2 is 1.71 bits per heavy atom. The molecule has 31 heavy (non-hydrogen) atoms. The number of ether oxygens (including phenoxy) is 3. The summed E-state index contributed by atoms with van der Waals surface area (Å²) in [4.78, 5) is 12.4. The number of hydrogen-bond acceptors (Lipinski definition) is 8. The van der Waals surface area contributed by atoms with E-state index in [1.807, 2.05) is 36.4 Å². The highest BCUT2D eigenvalue weighted by Crippen LogP contribution is 2.38. The van der Waals surface area contributed by atoms with Crippen molar-refractivity contribution >= 4 is 45.7 Å². The first-order valence-corrected chi connectivity index (χ1v) is 11.5. The fraction of sp³-hybridized carbons (Fsp3) is 0.286. The molecule has 0 bridgehead atoms. The highest BCUT2D eigenvalue weighted by Gasteiger charge is 2.14. The maximum Gasteiger partial charge on any atom is 0.226 e. The zero-order valence-electron chi connectivity index (χ0n) is 17.3. The largest absolute Gasteiger partial charge is 0.493 e.